The Labute approximate surface area is 127 Å². The van der Waals surface area contributed by atoms with E-state index in [0.717, 1.165) is 12.0 Å². The van der Waals surface area contributed by atoms with Gasteiger partial charge in [0.15, 0.2) is 5.84 Å². The number of nitrogens with zero attached hydrogens (tertiary/aromatic N) is 1. The van der Waals surface area contributed by atoms with Gasteiger partial charge in [0.2, 0.25) is 5.91 Å². The number of nitrogens with one attached hydrogen (secondary N) is 1. The number of oxime groups is 1. The van der Waals surface area contributed by atoms with Gasteiger partial charge < -0.3 is 16.3 Å². The number of amides is 1. The highest BCUT2D eigenvalue weighted by Gasteiger charge is 2.04. The van der Waals surface area contributed by atoms with E-state index in [9.17, 15) is 4.79 Å². The van der Waals surface area contributed by atoms with Crippen molar-refractivity contribution in [1.29, 1.82) is 0 Å². The number of nitrogens with two attached hydrogens (primary N) is 1. The third-order valence-electron chi connectivity index (χ3n) is 3.00. The standard InChI is InChI=1S/C15H17N3O2S/c16-15(18-20)12-5-3-11(4-6-12)10-14(19)17-8-7-13-2-1-9-21-13/h1-6,9,20H,7-8,10H2,(H2,16,18)(H,17,19). The maximum Gasteiger partial charge on any atom is 0.224 e. The van der Waals surface area contributed by atoms with E-state index in [2.05, 4.69) is 16.5 Å². The zero-order valence-corrected chi connectivity index (χ0v) is 12.3. The molecule has 1 aromatic heterocycles. The second kappa shape index (κ2) is 7.44. The first-order valence-electron chi connectivity index (χ1n) is 6.55. The molecule has 1 aromatic carbocycles. The van der Waals surface area contributed by atoms with Gasteiger partial charge in [0.1, 0.15) is 0 Å². The number of carbonyl (C=O) groups is 1. The van der Waals surface area contributed by atoms with Gasteiger partial charge in [0, 0.05) is 17.0 Å². The van der Waals surface area contributed by atoms with Crippen molar-refractivity contribution in [3.05, 3.63) is 57.8 Å². The van der Waals surface area contributed by atoms with Gasteiger partial charge in [-0.3, -0.25) is 4.79 Å². The minimum Gasteiger partial charge on any atom is -0.409 e. The second-order valence-electron chi connectivity index (χ2n) is 4.54. The molecule has 6 heteroatoms. The Balaban J connectivity index is 1.79. The lowest BCUT2D eigenvalue weighted by atomic mass is 10.1. The van der Waals surface area contributed by atoms with Crippen molar-refractivity contribution in [3.63, 3.8) is 0 Å². The van der Waals surface area contributed by atoms with Crippen LogP contribution in [0.2, 0.25) is 0 Å². The first-order chi connectivity index (χ1) is 10.2. The van der Waals surface area contributed by atoms with Crippen LogP contribution in [0.4, 0.5) is 0 Å². The Morgan fingerprint density at radius 3 is 2.67 bits per heavy atom. The van der Waals surface area contributed by atoms with Crippen molar-refractivity contribution in [3.8, 4) is 0 Å². The minimum atomic E-state index is -0.0110. The molecule has 0 saturated heterocycles. The largest absolute Gasteiger partial charge is 0.409 e. The second-order valence-corrected chi connectivity index (χ2v) is 5.57. The minimum absolute atomic E-state index is 0.0110. The van der Waals surface area contributed by atoms with Gasteiger partial charge in [-0.2, -0.15) is 0 Å². The average Bonchev–Trinajstić information content (AvgIpc) is 3.00. The summed E-state index contributed by atoms with van der Waals surface area (Å²) in [5, 5.41) is 16.4. The summed E-state index contributed by atoms with van der Waals surface area (Å²) in [6.45, 7) is 0.640. The van der Waals surface area contributed by atoms with E-state index in [1.807, 2.05) is 11.4 Å². The van der Waals surface area contributed by atoms with Gasteiger partial charge in [-0.15, -0.1) is 11.3 Å². The number of carbonyl (C=O) groups excluding carboxylic acids is 1. The summed E-state index contributed by atoms with van der Waals surface area (Å²) in [7, 11) is 0. The fourth-order valence-electron chi connectivity index (χ4n) is 1.88. The van der Waals surface area contributed by atoms with Gasteiger partial charge in [0.25, 0.3) is 0 Å². The smallest absolute Gasteiger partial charge is 0.224 e. The summed E-state index contributed by atoms with van der Waals surface area (Å²) in [5.41, 5.74) is 6.99. The molecule has 4 N–H and O–H groups in total. The highest BCUT2D eigenvalue weighted by Crippen LogP contribution is 2.08. The van der Waals surface area contributed by atoms with Gasteiger partial charge in [-0.1, -0.05) is 35.5 Å². The molecule has 0 aliphatic carbocycles. The van der Waals surface area contributed by atoms with Crippen LogP contribution in [0, 0.1) is 0 Å². The fraction of sp³-hybridized carbons (Fsp3) is 0.200. The SMILES string of the molecule is NC(=NO)c1ccc(CC(=O)NCCc2cccs2)cc1. The monoisotopic (exact) mass is 303 g/mol. The van der Waals surface area contributed by atoms with Crippen molar-refractivity contribution in [2.45, 2.75) is 12.8 Å². The number of rotatable bonds is 6. The Morgan fingerprint density at radius 2 is 2.05 bits per heavy atom. The molecule has 0 saturated carbocycles. The Morgan fingerprint density at radius 1 is 1.29 bits per heavy atom. The lowest BCUT2D eigenvalue weighted by molar-refractivity contribution is -0.120. The molecule has 0 bridgehead atoms. The Kier molecular flexibility index (Phi) is 5.34. The molecule has 0 unspecified atom stereocenters. The van der Waals surface area contributed by atoms with Crippen LogP contribution in [0.1, 0.15) is 16.0 Å². The van der Waals surface area contributed by atoms with E-state index in [1.165, 1.54) is 4.88 Å². The Hall–Kier alpha value is -2.34. The van der Waals surface area contributed by atoms with Crippen molar-refractivity contribution in [2.24, 2.45) is 10.9 Å². The van der Waals surface area contributed by atoms with Crippen molar-refractivity contribution >= 4 is 23.1 Å². The predicted molar refractivity (Wildman–Crippen MR) is 83.7 cm³/mol. The summed E-state index contributed by atoms with van der Waals surface area (Å²) < 4.78 is 0. The summed E-state index contributed by atoms with van der Waals surface area (Å²) >= 11 is 1.69. The number of amidine groups is 1. The van der Waals surface area contributed by atoms with Crippen LogP contribution < -0.4 is 11.1 Å². The summed E-state index contributed by atoms with van der Waals surface area (Å²) in [4.78, 5) is 13.1. The molecule has 0 fully saturated rings. The van der Waals surface area contributed by atoms with Gasteiger partial charge in [0.05, 0.1) is 6.42 Å². The van der Waals surface area contributed by atoms with Crippen LogP contribution in [0.25, 0.3) is 0 Å². The number of hydrogen-bond donors (Lipinski definition) is 3. The summed E-state index contributed by atoms with van der Waals surface area (Å²) in [5.74, 6) is 0.0463. The van der Waals surface area contributed by atoms with Gasteiger partial charge in [-0.25, -0.2) is 0 Å². The van der Waals surface area contributed by atoms with Crippen molar-refractivity contribution in [2.75, 3.05) is 6.54 Å². The molecule has 0 aliphatic heterocycles. The van der Waals surface area contributed by atoms with E-state index in [4.69, 9.17) is 10.9 Å². The number of benzene rings is 1. The van der Waals surface area contributed by atoms with Gasteiger partial charge in [-0.05, 0) is 23.4 Å². The van der Waals surface area contributed by atoms with Crippen LogP contribution in [-0.4, -0.2) is 23.5 Å². The normalized spacial score (nSPS) is 11.3. The molecule has 21 heavy (non-hydrogen) atoms. The van der Waals surface area contributed by atoms with Crippen LogP contribution in [0.5, 0.6) is 0 Å². The molecule has 1 heterocycles. The molecule has 5 nitrogen and oxygen atoms in total. The maximum absolute atomic E-state index is 11.8. The molecular formula is C15H17N3O2S. The first kappa shape index (κ1) is 15.1. The van der Waals surface area contributed by atoms with Crippen LogP contribution in [-0.2, 0) is 17.6 Å². The van der Waals surface area contributed by atoms with E-state index in [1.54, 1.807) is 35.6 Å². The quantitative estimate of drug-likeness (QED) is 0.329. The summed E-state index contributed by atoms with van der Waals surface area (Å²) in [6.07, 6.45) is 1.17. The van der Waals surface area contributed by atoms with Gasteiger partial charge >= 0.3 is 0 Å². The molecule has 0 spiro atoms. The average molecular weight is 303 g/mol. The van der Waals surface area contributed by atoms with E-state index in [0.29, 0.717) is 18.5 Å². The highest BCUT2D eigenvalue weighted by atomic mass is 32.1. The Bertz CT molecular complexity index is 606. The van der Waals surface area contributed by atoms with Crippen LogP contribution in [0.15, 0.2) is 46.9 Å². The topological polar surface area (TPSA) is 87.7 Å². The zero-order chi connectivity index (χ0) is 15.1. The predicted octanol–water partition coefficient (Wildman–Crippen LogP) is 1.74. The molecule has 1 amide bonds. The molecule has 0 radical (unpaired) electrons. The van der Waals surface area contributed by atoms with Crippen LogP contribution >= 0.6 is 11.3 Å². The number of thiophene rings is 1. The van der Waals surface area contributed by atoms with E-state index >= 15 is 0 Å². The first-order valence-corrected chi connectivity index (χ1v) is 7.43. The van der Waals surface area contributed by atoms with E-state index in [-0.39, 0.29) is 11.7 Å². The fourth-order valence-corrected chi connectivity index (χ4v) is 2.59. The third-order valence-corrected chi connectivity index (χ3v) is 3.93. The molecule has 2 rings (SSSR count). The van der Waals surface area contributed by atoms with Crippen molar-refractivity contribution in [1.82, 2.24) is 5.32 Å². The molecule has 110 valence electrons. The van der Waals surface area contributed by atoms with Crippen LogP contribution in [0.3, 0.4) is 0 Å². The van der Waals surface area contributed by atoms with Crippen molar-refractivity contribution < 1.29 is 10.0 Å². The molecule has 0 aliphatic rings. The van der Waals surface area contributed by atoms with E-state index < -0.39 is 0 Å². The lowest BCUT2D eigenvalue weighted by Gasteiger charge is -2.05. The lowest BCUT2D eigenvalue weighted by Crippen LogP contribution is -2.27. The molecular weight excluding hydrogens is 286 g/mol. The zero-order valence-electron chi connectivity index (χ0n) is 11.5. The highest BCUT2D eigenvalue weighted by molar-refractivity contribution is 7.09. The molecule has 2 aromatic rings. The summed E-state index contributed by atoms with van der Waals surface area (Å²) in [6, 6.07) is 11.1. The maximum atomic E-state index is 11.8. The molecule has 0 atom stereocenters. The number of hydrogen-bond acceptors (Lipinski definition) is 4. The third kappa shape index (κ3) is 4.61.